The van der Waals surface area contributed by atoms with Crippen LogP contribution in [0.1, 0.15) is 18.5 Å². The average Bonchev–Trinajstić information content (AvgIpc) is 2.13. The molecule has 4 N–H and O–H groups in total. The van der Waals surface area contributed by atoms with Crippen LogP contribution in [-0.2, 0) is 0 Å². The van der Waals surface area contributed by atoms with Crippen LogP contribution in [0, 0.1) is 5.82 Å². The van der Waals surface area contributed by atoms with Gasteiger partial charge in [0.05, 0.1) is 16.6 Å². The Labute approximate surface area is 89.5 Å². The van der Waals surface area contributed by atoms with Gasteiger partial charge in [0.25, 0.3) is 0 Å². The van der Waals surface area contributed by atoms with Crippen molar-refractivity contribution in [1.82, 2.24) is 0 Å². The molecule has 1 aromatic rings. The Morgan fingerprint density at radius 3 is 2.57 bits per heavy atom. The van der Waals surface area contributed by atoms with Crippen LogP contribution in [0.4, 0.5) is 4.39 Å². The minimum absolute atomic E-state index is 0.163. The van der Waals surface area contributed by atoms with Crippen LogP contribution in [0.2, 0.25) is 0 Å². The molecule has 0 amide bonds. The maximum Gasteiger partial charge on any atom is 0.179 e. The molecule has 2 atom stereocenters. The molecule has 0 radical (unpaired) electrons. The van der Waals surface area contributed by atoms with Crippen molar-refractivity contribution in [2.45, 2.75) is 19.1 Å². The van der Waals surface area contributed by atoms with E-state index in [0.29, 0.717) is 0 Å². The van der Waals surface area contributed by atoms with E-state index in [4.69, 9.17) is 5.73 Å². The highest BCUT2D eigenvalue weighted by Gasteiger charge is 2.19. The summed E-state index contributed by atoms with van der Waals surface area (Å²) in [5.74, 6) is -1.29. The van der Waals surface area contributed by atoms with E-state index >= 15 is 0 Å². The van der Waals surface area contributed by atoms with Crippen molar-refractivity contribution < 1.29 is 14.6 Å². The summed E-state index contributed by atoms with van der Waals surface area (Å²) in [5.41, 5.74) is 5.76. The number of aliphatic hydroxyl groups excluding tert-OH is 1. The predicted molar refractivity (Wildman–Crippen MR) is 54.4 cm³/mol. The Morgan fingerprint density at radius 1 is 1.50 bits per heavy atom. The lowest BCUT2D eigenvalue weighted by Gasteiger charge is -2.16. The molecular weight excluding hydrogens is 253 g/mol. The van der Waals surface area contributed by atoms with E-state index in [1.807, 2.05) is 0 Å². The van der Waals surface area contributed by atoms with Crippen molar-refractivity contribution >= 4 is 15.9 Å². The second-order valence-electron chi connectivity index (χ2n) is 3.07. The van der Waals surface area contributed by atoms with Gasteiger partial charge in [-0.25, -0.2) is 4.39 Å². The van der Waals surface area contributed by atoms with Crippen molar-refractivity contribution in [3.8, 4) is 5.75 Å². The van der Waals surface area contributed by atoms with Crippen molar-refractivity contribution in [2.75, 3.05) is 0 Å². The van der Waals surface area contributed by atoms with Gasteiger partial charge in [0.1, 0.15) is 0 Å². The zero-order valence-electron chi connectivity index (χ0n) is 7.54. The van der Waals surface area contributed by atoms with Crippen molar-refractivity contribution in [3.05, 3.63) is 28.0 Å². The number of hydrogen-bond acceptors (Lipinski definition) is 3. The van der Waals surface area contributed by atoms with E-state index in [0.717, 1.165) is 0 Å². The number of aromatic hydroxyl groups is 1. The van der Waals surface area contributed by atoms with Crippen LogP contribution in [0.25, 0.3) is 0 Å². The normalized spacial score (nSPS) is 15.2. The molecule has 1 aromatic carbocycles. The highest BCUT2D eigenvalue weighted by molar-refractivity contribution is 9.10. The molecule has 5 heteroatoms. The third-order valence-corrected chi connectivity index (χ3v) is 2.59. The Morgan fingerprint density at radius 2 is 2.07 bits per heavy atom. The van der Waals surface area contributed by atoms with Gasteiger partial charge in [-0.05, 0) is 28.9 Å². The van der Waals surface area contributed by atoms with Crippen LogP contribution in [0.5, 0.6) is 5.75 Å². The lowest BCUT2D eigenvalue weighted by atomic mass is 10.0. The van der Waals surface area contributed by atoms with Gasteiger partial charge in [0, 0.05) is 5.56 Å². The number of hydrogen-bond donors (Lipinski definition) is 3. The third-order valence-electron chi connectivity index (χ3n) is 1.98. The molecule has 3 nitrogen and oxygen atoms in total. The van der Waals surface area contributed by atoms with E-state index in [9.17, 15) is 14.6 Å². The molecule has 0 aromatic heterocycles. The average molecular weight is 264 g/mol. The molecular formula is C9H11BrFNO2. The highest BCUT2D eigenvalue weighted by atomic mass is 79.9. The molecule has 0 spiro atoms. The molecule has 1 rings (SSSR count). The second-order valence-corrected chi connectivity index (χ2v) is 3.92. The lowest BCUT2D eigenvalue weighted by molar-refractivity contribution is 0.162. The van der Waals surface area contributed by atoms with Crippen molar-refractivity contribution in [2.24, 2.45) is 5.73 Å². The van der Waals surface area contributed by atoms with E-state index in [-0.39, 0.29) is 10.0 Å². The summed E-state index contributed by atoms with van der Waals surface area (Å²) in [6, 6.07) is 2.12. The number of rotatable bonds is 2. The largest absolute Gasteiger partial charge is 0.505 e. The molecule has 0 unspecified atom stereocenters. The van der Waals surface area contributed by atoms with E-state index in [1.165, 1.54) is 19.1 Å². The van der Waals surface area contributed by atoms with Crippen LogP contribution in [0.15, 0.2) is 16.6 Å². The Bertz CT molecular complexity index is 344. The lowest BCUT2D eigenvalue weighted by Crippen LogP contribution is -2.23. The SMILES string of the molecule is C[C@H](O)[C@H](N)c1ccc(Br)c(F)c1O. The van der Waals surface area contributed by atoms with E-state index in [1.54, 1.807) is 0 Å². The Hall–Kier alpha value is -0.650. The molecule has 14 heavy (non-hydrogen) atoms. The van der Waals surface area contributed by atoms with Gasteiger partial charge < -0.3 is 15.9 Å². The summed E-state index contributed by atoms with van der Waals surface area (Å²) in [6.07, 6.45) is -0.846. The highest BCUT2D eigenvalue weighted by Crippen LogP contribution is 2.31. The van der Waals surface area contributed by atoms with Gasteiger partial charge in [0.2, 0.25) is 0 Å². The Kier molecular flexibility index (Phi) is 3.47. The predicted octanol–water partition coefficient (Wildman–Crippen LogP) is 1.67. The quantitative estimate of drug-likeness (QED) is 0.761. The fourth-order valence-corrected chi connectivity index (χ4v) is 1.40. The smallest absolute Gasteiger partial charge is 0.179 e. The molecule has 0 heterocycles. The molecule has 78 valence electrons. The van der Waals surface area contributed by atoms with Crippen molar-refractivity contribution in [3.63, 3.8) is 0 Å². The summed E-state index contributed by atoms with van der Waals surface area (Å²) in [4.78, 5) is 0. The summed E-state index contributed by atoms with van der Waals surface area (Å²) < 4.78 is 13.3. The fraction of sp³-hybridized carbons (Fsp3) is 0.333. The van der Waals surface area contributed by atoms with Crippen LogP contribution < -0.4 is 5.73 Å². The van der Waals surface area contributed by atoms with Crippen molar-refractivity contribution in [1.29, 1.82) is 0 Å². The van der Waals surface area contributed by atoms with Gasteiger partial charge in [-0.1, -0.05) is 6.07 Å². The monoisotopic (exact) mass is 263 g/mol. The first-order valence-corrected chi connectivity index (χ1v) is 4.85. The van der Waals surface area contributed by atoms with Gasteiger partial charge >= 0.3 is 0 Å². The third kappa shape index (κ3) is 2.05. The summed E-state index contributed by atoms with van der Waals surface area (Å²) in [7, 11) is 0. The fourth-order valence-electron chi connectivity index (χ4n) is 1.08. The van der Waals surface area contributed by atoms with E-state index < -0.39 is 23.7 Å². The summed E-state index contributed by atoms with van der Waals surface area (Å²) in [6.45, 7) is 1.48. The standard InChI is InChI=1S/C9H11BrFNO2/c1-4(13)8(12)5-2-3-6(10)7(11)9(5)14/h2-4,8,13-14H,12H2,1H3/t4-,8-/m0/s1. The number of phenolic OH excluding ortho intramolecular Hbond substituents is 1. The first kappa shape index (κ1) is 11.4. The molecule has 0 fully saturated rings. The van der Waals surface area contributed by atoms with Gasteiger partial charge in [-0.3, -0.25) is 0 Å². The van der Waals surface area contributed by atoms with Crippen LogP contribution in [0.3, 0.4) is 0 Å². The van der Waals surface area contributed by atoms with Crippen LogP contribution >= 0.6 is 15.9 Å². The molecule has 0 aliphatic carbocycles. The summed E-state index contributed by atoms with van der Waals surface area (Å²) in [5, 5.41) is 18.6. The first-order chi connectivity index (χ1) is 6.45. The van der Waals surface area contributed by atoms with Gasteiger partial charge in [0.15, 0.2) is 11.6 Å². The minimum atomic E-state index is -0.846. The Balaban J connectivity index is 3.17. The first-order valence-electron chi connectivity index (χ1n) is 4.05. The number of nitrogens with two attached hydrogens (primary N) is 1. The van der Waals surface area contributed by atoms with Gasteiger partial charge in [-0.2, -0.15) is 0 Å². The zero-order chi connectivity index (χ0) is 10.9. The minimum Gasteiger partial charge on any atom is -0.505 e. The number of benzene rings is 1. The zero-order valence-corrected chi connectivity index (χ0v) is 9.12. The second kappa shape index (κ2) is 4.25. The molecule has 0 saturated carbocycles. The van der Waals surface area contributed by atoms with Crippen LogP contribution in [-0.4, -0.2) is 16.3 Å². The van der Waals surface area contributed by atoms with Gasteiger partial charge in [-0.15, -0.1) is 0 Å². The maximum absolute atomic E-state index is 13.2. The topological polar surface area (TPSA) is 66.5 Å². The molecule has 0 aliphatic heterocycles. The number of halogens is 2. The summed E-state index contributed by atoms with van der Waals surface area (Å²) >= 11 is 2.93. The number of phenols is 1. The molecule has 0 aliphatic rings. The number of aliphatic hydroxyl groups is 1. The maximum atomic E-state index is 13.2. The molecule has 0 saturated heterocycles. The molecule has 0 bridgehead atoms. The van der Waals surface area contributed by atoms with E-state index in [2.05, 4.69) is 15.9 Å².